The Hall–Kier alpha value is -0.540. The van der Waals surface area contributed by atoms with Gasteiger partial charge < -0.3 is 5.32 Å². The summed E-state index contributed by atoms with van der Waals surface area (Å²) in [6.07, 6.45) is 0.794. The number of hydrogen-bond donors (Lipinski definition) is 1. The predicted octanol–water partition coefficient (Wildman–Crippen LogP) is 3.52. The summed E-state index contributed by atoms with van der Waals surface area (Å²) in [6.45, 7) is 6.33. The van der Waals surface area contributed by atoms with Crippen LogP contribution in [-0.4, -0.2) is 17.8 Å². The first kappa shape index (κ1) is 13.5. The maximum atomic E-state index is 11.9. The van der Waals surface area contributed by atoms with Crippen molar-refractivity contribution in [2.24, 2.45) is 5.41 Å². The van der Waals surface area contributed by atoms with Gasteiger partial charge in [0.15, 0.2) is 0 Å². The average Bonchev–Trinajstić information content (AvgIpc) is 2.68. The van der Waals surface area contributed by atoms with Gasteiger partial charge in [-0.05, 0) is 23.3 Å². The number of hydrogen-bond acceptors (Lipinski definition) is 2. The molecule has 1 unspecified atom stereocenters. The van der Waals surface area contributed by atoms with Crippen LogP contribution < -0.4 is 5.32 Å². The Morgan fingerprint density at radius 1 is 1.56 bits per heavy atom. The minimum absolute atomic E-state index is 0.0000386. The fourth-order valence-electron chi connectivity index (χ4n) is 1.47. The summed E-state index contributed by atoms with van der Waals surface area (Å²) in [5.74, 6) is 0.562. The Balaban J connectivity index is 2.66. The molecule has 1 heterocycles. The molecular formula is C12H18ClNOS. The number of carbonyl (C=O) groups is 1. The molecule has 2 nitrogen and oxygen atoms in total. The Bertz CT molecular complexity index is 329. The molecule has 16 heavy (non-hydrogen) atoms. The SMILES string of the molecule is CC(C)(C)C(CCCl)NC(=O)c1cccs1. The van der Waals surface area contributed by atoms with Gasteiger partial charge in [-0.2, -0.15) is 0 Å². The first-order valence-electron chi connectivity index (χ1n) is 5.35. The first-order chi connectivity index (χ1) is 7.45. The summed E-state index contributed by atoms with van der Waals surface area (Å²) < 4.78 is 0. The Labute approximate surface area is 106 Å². The van der Waals surface area contributed by atoms with Crippen LogP contribution in [0, 0.1) is 5.41 Å². The zero-order chi connectivity index (χ0) is 12.2. The molecule has 0 saturated heterocycles. The summed E-state index contributed by atoms with van der Waals surface area (Å²) in [7, 11) is 0. The van der Waals surface area contributed by atoms with E-state index in [1.807, 2.05) is 17.5 Å². The maximum Gasteiger partial charge on any atom is 0.261 e. The molecule has 1 N–H and O–H groups in total. The van der Waals surface area contributed by atoms with Crippen molar-refractivity contribution in [2.75, 3.05) is 5.88 Å². The molecular weight excluding hydrogens is 242 g/mol. The van der Waals surface area contributed by atoms with Crippen LogP contribution in [0.5, 0.6) is 0 Å². The Morgan fingerprint density at radius 2 is 2.25 bits per heavy atom. The normalized spacial score (nSPS) is 13.5. The highest BCUT2D eigenvalue weighted by atomic mass is 35.5. The second-order valence-electron chi connectivity index (χ2n) is 4.85. The molecule has 0 aliphatic rings. The van der Waals surface area contributed by atoms with Crippen LogP contribution in [0.3, 0.4) is 0 Å². The van der Waals surface area contributed by atoms with Crippen LogP contribution in [-0.2, 0) is 0 Å². The molecule has 1 atom stereocenters. The summed E-state index contributed by atoms with van der Waals surface area (Å²) in [4.78, 5) is 12.6. The first-order valence-corrected chi connectivity index (χ1v) is 6.77. The molecule has 0 aliphatic carbocycles. The summed E-state index contributed by atoms with van der Waals surface area (Å²) in [5.41, 5.74) is 0.0296. The van der Waals surface area contributed by atoms with E-state index in [0.29, 0.717) is 5.88 Å². The van der Waals surface area contributed by atoms with Gasteiger partial charge in [0, 0.05) is 11.9 Å². The Kier molecular flexibility index (Phi) is 4.81. The van der Waals surface area contributed by atoms with Crippen LogP contribution in [0.2, 0.25) is 0 Å². The Morgan fingerprint density at radius 3 is 2.69 bits per heavy atom. The number of amides is 1. The van der Waals surface area contributed by atoms with Gasteiger partial charge >= 0.3 is 0 Å². The van der Waals surface area contributed by atoms with E-state index in [2.05, 4.69) is 26.1 Å². The monoisotopic (exact) mass is 259 g/mol. The van der Waals surface area contributed by atoms with Crippen molar-refractivity contribution in [1.29, 1.82) is 0 Å². The second-order valence-corrected chi connectivity index (χ2v) is 6.17. The lowest BCUT2D eigenvalue weighted by Crippen LogP contribution is -2.43. The van der Waals surface area contributed by atoms with Crippen molar-refractivity contribution in [3.05, 3.63) is 22.4 Å². The fraction of sp³-hybridized carbons (Fsp3) is 0.583. The average molecular weight is 260 g/mol. The molecule has 1 aromatic heterocycles. The van der Waals surface area contributed by atoms with Gasteiger partial charge in [0.25, 0.3) is 5.91 Å². The number of thiophene rings is 1. The molecule has 0 aliphatic heterocycles. The van der Waals surface area contributed by atoms with E-state index in [1.165, 1.54) is 11.3 Å². The molecule has 0 aromatic carbocycles. The van der Waals surface area contributed by atoms with Gasteiger partial charge in [-0.1, -0.05) is 26.8 Å². The lowest BCUT2D eigenvalue weighted by Gasteiger charge is -2.30. The number of nitrogens with one attached hydrogen (secondary N) is 1. The topological polar surface area (TPSA) is 29.1 Å². The maximum absolute atomic E-state index is 11.9. The van der Waals surface area contributed by atoms with Crippen molar-refractivity contribution < 1.29 is 4.79 Å². The van der Waals surface area contributed by atoms with Gasteiger partial charge in [0.2, 0.25) is 0 Å². The molecule has 0 spiro atoms. The smallest absolute Gasteiger partial charge is 0.261 e. The highest BCUT2D eigenvalue weighted by Gasteiger charge is 2.26. The number of rotatable bonds is 4. The second kappa shape index (κ2) is 5.69. The zero-order valence-electron chi connectivity index (χ0n) is 9.92. The van der Waals surface area contributed by atoms with E-state index >= 15 is 0 Å². The quantitative estimate of drug-likeness (QED) is 0.824. The van der Waals surface area contributed by atoms with Crippen molar-refractivity contribution in [2.45, 2.75) is 33.2 Å². The van der Waals surface area contributed by atoms with E-state index < -0.39 is 0 Å². The van der Waals surface area contributed by atoms with Crippen LogP contribution >= 0.6 is 22.9 Å². The summed E-state index contributed by atoms with van der Waals surface area (Å²) in [6, 6.07) is 3.83. The lowest BCUT2D eigenvalue weighted by molar-refractivity contribution is 0.0904. The minimum atomic E-state index is 0.0000386. The summed E-state index contributed by atoms with van der Waals surface area (Å²) in [5, 5.41) is 4.95. The molecule has 1 aromatic rings. The molecule has 1 amide bonds. The van der Waals surface area contributed by atoms with E-state index in [1.54, 1.807) is 0 Å². The number of carbonyl (C=O) groups excluding carboxylic acids is 1. The van der Waals surface area contributed by atoms with Crippen molar-refractivity contribution in [3.63, 3.8) is 0 Å². The molecule has 0 radical (unpaired) electrons. The molecule has 0 fully saturated rings. The van der Waals surface area contributed by atoms with Crippen molar-refractivity contribution in [3.8, 4) is 0 Å². The van der Waals surface area contributed by atoms with Gasteiger partial charge in [-0.3, -0.25) is 4.79 Å². The van der Waals surface area contributed by atoms with Crippen molar-refractivity contribution >= 4 is 28.8 Å². The minimum Gasteiger partial charge on any atom is -0.348 e. The van der Waals surface area contributed by atoms with E-state index in [4.69, 9.17) is 11.6 Å². The third-order valence-electron chi connectivity index (χ3n) is 2.49. The van der Waals surface area contributed by atoms with Crippen LogP contribution in [0.4, 0.5) is 0 Å². The van der Waals surface area contributed by atoms with Gasteiger partial charge in [-0.15, -0.1) is 22.9 Å². The standard InChI is InChI=1S/C12H18ClNOS/c1-12(2,3)10(6-7-13)14-11(15)9-5-4-8-16-9/h4-5,8,10H,6-7H2,1-3H3,(H,14,15). The van der Waals surface area contributed by atoms with Gasteiger partial charge in [0.05, 0.1) is 4.88 Å². The van der Waals surface area contributed by atoms with E-state index in [-0.39, 0.29) is 17.4 Å². The number of alkyl halides is 1. The van der Waals surface area contributed by atoms with Crippen LogP contribution in [0.25, 0.3) is 0 Å². The molecule has 0 saturated carbocycles. The van der Waals surface area contributed by atoms with Crippen LogP contribution in [0.15, 0.2) is 17.5 Å². The van der Waals surface area contributed by atoms with E-state index in [9.17, 15) is 4.79 Å². The van der Waals surface area contributed by atoms with Gasteiger partial charge in [0.1, 0.15) is 0 Å². The third kappa shape index (κ3) is 3.80. The highest BCUT2D eigenvalue weighted by Crippen LogP contribution is 2.23. The molecule has 1 rings (SSSR count). The summed E-state index contributed by atoms with van der Waals surface area (Å²) >= 11 is 7.22. The molecule has 90 valence electrons. The molecule has 0 bridgehead atoms. The van der Waals surface area contributed by atoms with Crippen molar-refractivity contribution in [1.82, 2.24) is 5.32 Å². The van der Waals surface area contributed by atoms with E-state index in [0.717, 1.165) is 11.3 Å². The third-order valence-corrected chi connectivity index (χ3v) is 3.58. The largest absolute Gasteiger partial charge is 0.348 e. The predicted molar refractivity (Wildman–Crippen MR) is 70.4 cm³/mol. The zero-order valence-corrected chi connectivity index (χ0v) is 11.5. The number of halogens is 1. The van der Waals surface area contributed by atoms with Crippen LogP contribution in [0.1, 0.15) is 36.9 Å². The fourth-order valence-corrected chi connectivity index (χ4v) is 2.31. The highest BCUT2D eigenvalue weighted by molar-refractivity contribution is 7.12. The van der Waals surface area contributed by atoms with Gasteiger partial charge in [-0.25, -0.2) is 0 Å². The lowest BCUT2D eigenvalue weighted by atomic mass is 9.85. The molecule has 4 heteroatoms.